The number of nitrogens with zero attached hydrogens (tertiary/aromatic N) is 3. The number of nitrogens with one attached hydrogen (secondary N) is 1. The summed E-state index contributed by atoms with van der Waals surface area (Å²) in [5, 5.41) is 22.7. The van der Waals surface area contributed by atoms with E-state index >= 15 is 0 Å². The van der Waals surface area contributed by atoms with Gasteiger partial charge < -0.3 is 5.32 Å². The monoisotopic (exact) mass is 268 g/mol. The first-order chi connectivity index (χ1) is 9.60. The minimum atomic E-state index is -0.435. The van der Waals surface area contributed by atoms with Gasteiger partial charge in [-0.25, -0.2) is 4.98 Å². The minimum Gasteiger partial charge on any atom is -0.365 e. The molecule has 0 amide bonds. The first kappa shape index (κ1) is 13.5. The Morgan fingerprint density at radius 2 is 2.20 bits per heavy atom. The zero-order valence-electron chi connectivity index (χ0n) is 10.8. The van der Waals surface area contributed by atoms with Crippen molar-refractivity contribution in [2.75, 3.05) is 5.32 Å². The van der Waals surface area contributed by atoms with Crippen molar-refractivity contribution >= 4 is 11.5 Å². The highest BCUT2D eigenvalue weighted by atomic mass is 16.6. The van der Waals surface area contributed by atoms with Crippen LogP contribution in [0.2, 0.25) is 0 Å². The molecule has 0 aliphatic heterocycles. The van der Waals surface area contributed by atoms with Crippen molar-refractivity contribution in [3.05, 3.63) is 63.3 Å². The van der Waals surface area contributed by atoms with E-state index in [1.54, 1.807) is 24.3 Å². The summed E-state index contributed by atoms with van der Waals surface area (Å²) < 4.78 is 0. The molecule has 6 nitrogen and oxygen atoms in total. The topological polar surface area (TPSA) is 91.8 Å². The molecule has 0 aliphatic carbocycles. The maximum atomic E-state index is 10.7. The minimum absolute atomic E-state index is 0.0435. The first-order valence-electron chi connectivity index (χ1n) is 5.95. The predicted octanol–water partition coefficient (Wildman–Crippen LogP) is 2.78. The number of non-ortho nitro benzene ring substituents is 1. The number of hydrogen-bond acceptors (Lipinski definition) is 5. The van der Waals surface area contributed by atoms with Crippen LogP contribution in [0.4, 0.5) is 11.5 Å². The maximum absolute atomic E-state index is 10.7. The molecule has 1 aromatic heterocycles. The van der Waals surface area contributed by atoms with Crippen LogP contribution in [0.3, 0.4) is 0 Å². The van der Waals surface area contributed by atoms with Crippen LogP contribution in [0.15, 0.2) is 36.4 Å². The number of nitriles is 1. The Morgan fingerprint density at radius 1 is 1.40 bits per heavy atom. The maximum Gasteiger partial charge on any atom is 0.269 e. The summed E-state index contributed by atoms with van der Waals surface area (Å²) in [5.41, 5.74) is 2.04. The summed E-state index contributed by atoms with van der Waals surface area (Å²) in [4.78, 5) is 14.5. The van der Waals surface area contributed by atoms with Gasteiger partial charge in [0.2, 0.25) is 0 Å². The van der Waals surface area contributed by atoms with Crippen LogP contribution in [0.1, 0.15) is 16.8 Å². The highest BCUT2D eigenvalue weighted by molar-refractivity contribution is 5.52. The zero-order chi connectivity index (χ0) is 14.5. The van der Waals surface area contributed by atoms with Crippen LogP contribution < -0.4 is 5.32 Å². The van der Waals surface area contributed by atoms with E-state index in [-0.39, 0.29) is 5.69 Å². The molecule has 20 heavy (non-hydrogen) atoms. The molecule has 1 heterocycles. The number of nitro groups is 1. The lowest BCUT2D eigenvalue weighted by Gasteiger charge is -2.08. The number of benzene rings is 1. The molecule has 0 bridgehead atoms. The number of nitro benzene ring substituents is 1. The fourth-order valence-electron chi connectivity index (χ4n) is 1.75. The van der Waals surface area contributed by atoms with Crippen LogP contribution in [0.25, 0.3) is 0 Å². The molecule has 0 atom stereocenters. The third-order valence-corrected chi connectivity index (χ3v) is 2.74. The molecule has 1 aromatic carbocycles. The Kier molecular flexibility index (Phi) is 3.91. The Hall–Kier alpha value is -2.94. The largest absolute Gasteiger partial charge is 0.365 e. The van der Waals surface area contributed by atoms with Crippen molar-refractivity contribution < 1.29 is 4.92 Å². The average molecular weight is 268 g/mol. The standard InChI is InChI=1S/C14H12N4O2/c1-10-5-6-12(8-15)14(17-10)16-9-11-3-2-4-13(7-11)18(19)20/h2-7H,9H2,1H3,(H,16,17). The first-order valence-corrected chi connectivity index (χ1v) is 5.95. The predicted molar refractivity (Wildman–Crippen MR) is 74.1 cm³/mol. The zero-order valence-corrected chi connectivity index (χ0v) is 10.8. The smallest absolute Gasteiger partial charge is 0.269 e. The van der Waals surface area contributed by atoms with Gasteiger partial charge in [-0.3, -0.25) is 10.1 Å². The summed E-state index contributed by atoms with van der Waals surface area (Å²) in [6.45, 7) is 2.20. The third kappa shape index (κ3) is 3.09. The van der Waals surface area contributed by atoms with E-state index in [2.05, 4.69) is 16.4 Å². The molecule has 0 saturated heterocycles. The summed E-state index contributed by atoms with van der Waals surface area (Å²) in [6, 6.07) is 11.9. The summed E-state index contributed by atoms with van der Waals surface area (Å²) >= 11 is 0. The van der Waals surface area contributed by atoms with Gasteiger partial charge in [-0.2, -0.15) is 5.26 Å². The van der Waals surface area contributed by atoms with E-state index in [1.165, 1.54) is 12.1 Å². The quantitative estimate of drug-likeness (QED) is 0.680. The van der Waals surface area contributed by atoms with E-state index in [0.29, 0.717) is 17.9 Å². The van der Waals surface area contributed by atoms with Gasteiger partial charge in [0.25, 0.3) is 5.69 Å². The molecule has 0 unspecified atom stereocenters. The second kappa shape index (κ2) is 5.80. The number of aromatic nitrogens is 1. The fraction of sp³-hybridized carbons (Fsp3) is 0.143. The number of aryl methyl sites for hydroxylation is 1. The molecular weight excluding hydrogens is 256 g/mol. The molecule has 0 fully saturated rings. The van der Waals surface area contributed by atoms with E-state index in [1.807, 2.05) is 6.92 Å². The molecular formula is C14H12N4O2. The number of hydrogen-bond donors (Lipinski definition) is 1. The van der Waals surface area contributed by atoms with Crippen molar-refractivity contribution in [3.8, 4) is 6.07 Å². The lowest BCUT2D eigenvalue weighted by Crippen LogP contribution is -2.04. The molecule has 6 heteroatoms. The van der Waals surface area contributed by atoms with Gasteiger partial charge in [-0.15, -0.1) is 0 Å². The summed E-state index contributed by atoms with van der Waals surface area (Å²) in [7, 11) is 0. The number of anilines is 1. The second-order valence-electron chi connectivity index (χ2n) is 4.24. The van der Waals surface area contributed by atoms with E-state index in [4.69, 9.17) is 5.26 Å². The molecule has 2 rings (SSSR count). The third-order valence-electron chi connectivity index (χ3n) is 2.74. The molecule has 2 aromatic rings. The van der Waals surface area contributed by atoms with Crippen LogP contribution in [0.5, 0.6) is 0 Å². The molecule has 0 spiro atoms. The summed E-state index contributed by atoms with van der Waals surface area (Å²) in [6.07, 6.45) is 0. The van der Waals surface area contributed by atoms with Gasteiger partial charge in [0, 0.05) is 24.4 Å². The Labute approximate surface area is 115 Å². The highest BCUT2D eigenvalue weighted by Gasteiger charge is 2.07. The molecule has 0 radical (unpaired) electrons. The van der Waals surface area contributed by atoms with Gasteiger partial charge in [0.05, 0.1) is 10.5 Å². The van der Waals surface area contributed by atoms with Crippen molar-refractivity contribution in [1.29, 1.82) is 5.26 Å². The SMILES string of the molecule is Cc1ccc(C#N)c(NCc2cccc([N+](=O)[O-])c2)n1. The Morgan fingerprint density at radius 3 is 2.90 bits per heavy atom. The highest BCUT2D eigenvalue weighted by Crippen LogP contribution is 2.16. The van der Waals surface area contributed by atoms with Crippen LogP contribution in [0, 0.1) is 28.4 Å². The summed E-state index contributed by atoms with van der Waals surface area (Å²) in [5.74, 6) is 0.485. The van der Waals surface area contributed by atoms with Gasteiger partial charge >= 0.3 is 0 Å². The van der Waals surface area contributed by atoms with E-state index in [0.717, 1.165) is 11.3 Å². The number of rotatable bonds is 4. The number of pyridine rings is 1. The normalized spacial score (nSPS) is 9.80. The average Bonchev–Trinajstić information content (AvgIpc) is 2.45. The second-order valence-corrected chi connectivity index (χ2v) is 4.24. The van der Waals surface area contributed by atoms with Crippen molar-refractivity contribution in [2.24, 2.45) is 0 Å². The fourth-order valence-corrected chi connectivity index (χ4v) is 1.75. The van der Waals surface area contributed by atoms with Crippen molar-refractivity contribution in [2.45, 2.75) is 13.5 Å². The molecule has 0 aliphatic rings. The molecule has 1 N–H and O–H groups in total. The van der Waals surface area contributed by atoms with Gasteiger partial charge in [0.15, 0.2) is 0 Å². The van der Waals surface area contributed by atoms with Crippen LogP contribution in [-0.4, -0.2) is 9.91 Å². The van der Waals surface area contributed by atoms with Crippen LogP contribution in [-0.2, 0) is 6.54 Å². The molecule has 100 valence electrons. The molecule has 0 saturated carbocycles. The van der Waals surface area contributed by atoms with Crippen LogP contribution >= 0.6 is 0 Å². The van der Waals surface area contributed by atoms with Gasteiger partial charge in [-0.05, 0) is 24.6 Å². The van der Waals surface area contributed by atoms with Crippen molar-refractivity contribution in [3.63, 3.8) is 0 Å². The van der Waals surface area contributed by atoms with Gasteiger partial charge in [-0.1, -0.05) is 12.1 Å². The van der Waals surface area contributed by atoms with E-state index < -0.39 is 4.92 Å². The van der Waals surface area contributed by atoms with Gasteiger partial charge in [0.1, 0.15) is 11.9 Å². The van der Waals surface area contributed by atoms with E-state index in [9.17, 15) is 10.1 Å². The van der Waals surface area contributed by atoms with Crippen molar-refractivity contribution in [1.82, 2.24) is 4.98 Å². The Balaban J connectivity index is 2.17. The lowest BCUT2D eigenvalue weighted by molar-refractivity contribution is -0.384. The Bertz CT molecular complexity index is 692. The lowest BCUT2D eigenvalue weighted by atomic mass is 10.2.